The smallest absolute Gasteiger partial charge is 0.255 e. The van der Waals surface area contributed by atoms with Crippen LogP contribution < -0.4 is 14.8 Å². The maximum absolute atomic E-state index is 13.3. The number of carbonyl (C=O) groups excluding carboxylic acids is 2. The second-order valence-corrected chi connectivity index (χ2v) is 8.66. The Hall–Kier alpha value is -3.06. The van der Waals surface area contributed by atoms with E-state index in [1.54, 1.807) is 25.3 Å². The average molecular weight is 454 g/mol. The van der Waals surface area contributed by atoms with Crippen LogP contribution in [0.4, 0.5) is 0 Å². The van der Waals surface area contributed by atoms with Gasteiger partial charge in [0, 0.05) is 32.7 Å². The van der Waals surface area contributed by atoms with E-state index in [1.165, 1.54) is 12.7 Å². The average Bonchev–Trinajstić information content (AvgIpc) is 2.85. The van der Waals surface area contributed by atoms with Crippen LogP contribution in [0.25, 0.3) is 0 Å². The molecule has 7 heteroatoms. The van der Waals surface area contributed by atoms with E-state index in [0.717, 1.165) is 31.8 Å². The Morgan fingerprint density at radius 1 is 0.939 bits per heavy atom. The molecule has 1 unspecified atom stereocenters. The molecular formula is C26H35N3O4. The molecular weight excluding hydrogens is 418 g/mol. The molecule has 178 valence electrons. The van der Waals surface area contributed by atoms with Crippen LogP contribution in [0, 0.1) is 5.92 Å². The van der Waals surface area contributed by atoms with Crippen molar-refractivity contribution in [2.45, 2.75) is 26.3 Å². The molecule has 0 radical (unpaired) electrons. The highest BCUT2D eigenvalue weighted by Crippen LogP contribution is 2.19. The van der Waals surface area contributed by atoms with E-state index >= 15 is 0 Å². The van der Waals surface area contributed by atoms with Gasteiger partial charge in [0.2, 0.25) is 5.91 Å². The SMILES string of the molecule is COc1ccc(CCN2CCN(C(=O)C(NC(=O)c3ccccc3OC)C(C)C)CC2)cc1. The number of benzene rings is 2. The lowest BCUT2D eigenvalue weighted by Gasteiger charge is -2.37. The number of hydrogen-bond donors (Lipinski definition) is 1. The number of hydrogen-bond acceptors (Lipinski definition) is 5. The van der Waals surface area contributed by atoms with Gasteiger partial charge < -0.3 is 19.7 Å². The molecule has 7 nitrogen and oxygen atoms in total. The molecule has 1 N–H and O–H groups in total. The zero-order valence-electron chi connectivity index (χ0n) is 20.0. The minimum Gasteiger partial charge on any atom is -0.497 e. The first-order chi connectivity index (χ1) is 15.9. The minimum absolute atomic E-state index is 0.0238. The van der Waals surface area contributed by atoms with E-state index in [-0.39, 0.29) is 17.7 Å². The van der Waals surface area contributed by atoms with Crippen molar-refractivity contribution in [1.29, 1.82) is 0 Å². The molecule has 2 amide bonds. The molecule has 0 aliphatic carbocycles. The van der Waals surface area contributed by atoms with Gasteiger partial charge in [-0.25, -0.2) is 0 Å². The molecule has 1 fully saturated rings. The summed E-state index contributed by atoms with van der Waals surface area (Å²) in [6.07, 6.45) is 0.960. The van der Waals surface area contributed by atoms with E-state index in [0.29, 0.717) is 24.4 Å². The number of para-hydroxylation sites is 1. The molecule has 1 aliphatic rings. The van der Waals surface area contributed by atoms with Crippen LogP contribution in [0.15, 0.2) is 48.5 Å². The van der Waals surface area contributed by atoms with Crippen molar-refractivity contribution in [3.05, 3.63) is 59.7 Å². The third kappa shape index (κ3) is 6.48. The highest BCUT2D eigenvalue weighted by molar-refractivity contribution is 5.99. The molecule has 1 heterocycles. The van der Waals surface area contributed by atoms with Crippen LogP contribution in [0.2, 0.25) is 0 Å². The van der Waals surface area contributed by atoms with Crippen molar-refractivity contribution >= 4 is 11.8 Å². The van der Waals surface area contributed by atoms with Gasteiger partial charge in [-0.05, 0) is 42.2 Å². The summed E-state index contributed by atoms with van der Waals surface area (Å²) in [5.74, 6) is 1.02. The Morgan fingerprint density at radius 2 is 1.61 bits per heavy atom. The fraction of sp³-hybridized carbons (Fsp3) is 0.462. The largest absolute Gasteiger partial charge is 0.497 e. The molecule has 0 saturated carbocycles. The van der Waals surface area contributed by atoms with Gasteiger partial charge >= 0.3 is 0 Å². The van der Waals surface area contributed by atoms with E-state index in [1.807, 2.05) is 36.9 Å². The van der Waals surface area contributed by atoms with Gasteiger partial charge in [-0.3, -0.25) is 14.5 Å². The molecule has 2 aromatic carbocycles. The van der Waals surface area contributed by atoms with Gasteiger partial charge in [0.25, 0.3) is 5.91 Å². The quantitative estimate of drug-likeness (QED) is 0.632. The summed E-state index contributed by atoms with van der Waals surface area (Å²) in [5, 5.41) is 2.94. The monoisotopic (exact) mass is 453 g/mol. The number of carbonyl (C=O) groups is 2. The summed E-state index contributed by atoms with van der Waals surface area (Å²) in [5.41, 5.74) is 1.70. The van der Waals surface area contributed by atoms with Crippen LogP contribution in [0.3, 0.4) is 0 Å². The molecule has 0 spiro atoms. The topological polar surface area (TPSA) is 71.1 Å². The number of ether oxygens (including phenoxy) is 2. The highest BCUT2D eigenvalue weighted by atomic mass is 16.5. The number of rotatable bonds is 9. The minimum atomic E-state index is -0.576. The Kier molecular flexibility index (Phi) is 8.72. The molecule has 0 bridgehead atoms. The van der Waals surface area contributed by atoms with E-state index in [9.17, 15) is 9.59 Å². The lowest BCUT2D eigenvalue weighted by Crippen LogP contribution is -2.56. The van der Waals surface area contributed by atoms with E-state index < -0.39 is 6.04 Å². The van der Waals surface area contributed by atoms with Gasteiger partial charge in [-0.1, -0.05) is 38.1 Å². The first kappa shape index (κ1) is 24.6. The van der Waals surface area contributed by atoms with Crippen molar-refractivity contribution in [3.63, 3.8) is 0 Å². The van der Waals surface area contributed by atoms with Crippen molar-refractivity contribution < 1.29 is 19.1 Å². The van der Waals surface area contributed by atoms with Crippen molar-refractivity contribution in [1.82, 2.24) is 15.1 Å². The predicted octanol–water partition coefficient (Wildman–Crippen LogP) is 2.85. The maximum atomic E-state index is 13.3. The summed E-state index contributed by atoms with van der Waals surface area (Å²) < 4.78 is 10.5. The predicted molar refractivity (Wildman–Crippen MR) is 129 cm³/mol. The number of amides is 2. The fourth-order valence-electron chi connectivity index (χ4n) is 4.03. The Morgan fingerprint density at radius 3 is 2.21 bits per heavy atom. The summed E-state index contributed by atoms with van der Waals surface area (Å²) >= 11 is 0. The third-order valence-electron chi connectivity index (χ3n) is 6.13. The van der Waals surface area contributed by atoms with Crippen molar-refractivity contribution in [2.75, 3.05) is 46.9 Å². The molecule has 1 aliphatic heterocycles. The zero-order valence-corrected chi connectivity index (χ0v) is 20.0. The fourth-order valence-corrected chi connectivity index (χ4v) is 4.03. The Balaban J connectivity index is 1.53. The van der Waals surface area contributed by atoms with Crippen LogP contribution in [-0.2, 0) is 11.2 Å². The van der Waals surface area contributed by atoms with E-state index in [4.69, 9.17) is 9.47 Å². The Bertz CT molecular complexity index is 921. The maximum Gasteiger partial charge on any atom is 0.255 e. The number of nitrogens with one attached hydrogen (secondary N) is 1. The summed E-state index contributed by atoms with van der Waals surface area (Å²) in [6.45, 7) is 7.84. The molecule has 33 heavy (non-hydrogen) atoms. The van der Waals surface area contributed by atoms with Gasteiger partial charge in [0.1, 0.15) is 17.5 Å². The number of piperazine rings is 1. The van der Waals surface area contributed by atoms with Gasteiger partial charge in [0.15, 0.2) is 0 Å². The van der Waals surface area contributed by atoms with Gasteiger partial charge in [-0.15, -0.1) is 0 Å². The summed E-state index contributed by atoms with van der Waals surface area (Å²) in [7, 11) is 3.20. The molecule has 2 aromatic rings. The Labute approximate surface area is 196 Å². The standard InChI is InChI=1S/C26H35N3O4/c1-19(2)24(27-25(30)22-7-5-6-8-23(22)33-4)26(31)29-17-15-28(16-18-29)14-13-20-9-11-21(32-3)12-10-20/h5-12,19,24H,13-18H2,1-4H3,(H,27,30). The molecule has 1 atom stereocenters. The number of methoxy groups -OCH3 is 2. The molecule has 0 aromatic heterocycles. The second kappa shape index (κ2) is 11.7. The van der Waals surface area contributed by atoms with Crippen molar-refractivity contribution in [3.8, 4) is 11.5 Å². The lowest BCUT2D eigenvalue weighted by atomic mass is 10.0. The number of nitrogens with zero attached hydrogens (tertiary/aromatic N) is 2. The van der Waals surface area contributed by atoms with Crippen LogP contribution >= 0.6 is 0 Å². The highest BCUT2D eigenvalue weighted by Gasteiger charge is 2.31. The molecule has 3 rings (SSSR count). The summed E-state index contributed by atoms with van der Waals surface area (Å²) in [6, 6.07) is 14.6. The third-order valence-corrected chi connectivity index (χ3v) is 6.13. The second-order valence-electron chi connectivity index (χ2n) is 8.66. The first-order valence-corrected chi connectivity index (χ1v) is 11.5. The first-order valence-electron chi connectivity index (χ1n) is 11.5. The van der Waals surface area contributed by atoms with E-state index in [2.05, 4.69) is 22.3 Å². The zero-order chi connectivity index (χ0) is 23.8. The van der Waals surface area contributed by atoms with Gasteiger partial charge in [-0.2, -0.15) is 0 Å². The van der Waals surface area contributed by atoms with Crippen LogP contribution in [-0.4, -0.2) is 74.6 Å². The van der Waals surface area contributed by atoms with Crippen molar-refractivity contribution in [2.24, 2.45) is 5.92 Å². The normalized spacial score (nSPS) is 15.2. The lowest BCUT2D eigenvalue weighted by molar-refractivity contribution is -0.136. The van der Waals surface area contributed by atoms with Crippen LogP contribution in [0.5, 0.6) is 11.5 Å². The summed E-state index contributed by atoms with van der Waals surface area (Å²) in [4.78, 5) is 30.4. The van der Waals surface area contributed by atoms with Crippen LogP contribution in [0.1, 0.15) is 29.8 Å². The van der Waals surface area contributed by atoms with Gasteiger partial charge in [0.05, 0.1) is 19.8 Å². The molecule has 1 saturated heterocycles.